The van der Waals surface area contributed by atoms with Crippen LogP contribution in [0.3, 0.4) is 0 Å². The van der Waals surface area contributed by atoms with Crippen molar-refractivity contribution in [3.05, 3.63) is 53.0 Å². The number of thiophene rings is 1. The molecule has 0 aromatic carbocycles. The van der Waals surface area contributed by atoms with E-state index in [0.717, 1.165) is 11.3 Å². The smallest absolute Gasteiger partial charge is 0.246 e. The predicted molar refractivity (Wildman–Crippen MR) is 86.1 cm³/mol. The predicted octanol–water partition coefficient (Wildman–Crippen LogP) is 3.80. The monoisotopic (exact) mass is 303 g/mol. The molecule has 0 radical (unpaired) electrons. The summed E-state index contributed by atoms with van der Waals surface area (Å²) in [6.07, 6.45) is 3.15. The van der Waals surface area contributed by atoms with Gasteiger partial charge >= 0.3 is 0 Å². The standard InChI is InChI=1S/C16H21N3OS/c1-5-16(20)18(13(4)14-7-9-21-11-14)10-15-6-8-17-19(15)12(2)3/h5-9,11-13H,1,10H2,2-4H3. The first kappa shape index (κ1) is 15.5. The molecule has 2 rings (SSSR count). The number of rotatable bonds is 6. The molecule has 1 atom stereocenters. The number of carbonyl (C=O) groups is 1. The fourth-order valence-electron chi connectivity index (χ4n) is 2.32. The van der Waals surface area contributed by atoms with Crippen LogP contribution in [0.5, 0.6) is 0 Å². The molecule has 21 heavy (non-hydrogen) atoms. The highest BCUT2D eigenvalue weighted by molar-refractivity contribution is 7.07. The number of carbonyl (C=O) groups excluding carboxylic acids is 1. The molecule has 0 fully saturated rings. The van der Waals surface area contributed by atoms with Crippen LogP contribution in [0.4, 0.5) is 0 Å². The highest BCUT2D eigenvalue weighted by atomic mass is 32.1. The van der Waals surface area contributed by atoms with Crippen LogP contribution in [0.15, 0.2) is 41.7 Å². The Balaban J connectivity index is 2.27. The number of hydrogen-bond donors (Lipinski definition) is 0. The van der Waals surface area contributed by atoms with Crippen LogP contribution in [0, 0.1) is 0 Å². The molecule has 4 nitrogen and oxygen atoms in total. The van der Waals surface area contributed by atoms with Crippen molar-refractivity contribution in [2.45, 2.75) is 39.4 Å². The Hall–Kier alpha value is -1.88. The minimum atomic E-state index is -0.0646. The minimum absolute atomic E-state index is 0.0114. The van der Waals surface area contributed by atoms with Crippen LogP contribution >= 0.6 is 11.3 Å². The van der Waals surface area contributed by atoms with E-state index >= 15 is 0 Å². The number of hydrogen-bond acceptors (Lipinski definition) is 3. The molecule has 0 bridgehead atoms. The summed E-state index contributed by atoms with van der Waals surface area (Å²) in [6.45, 7) is 10.4. The molecule has 112 valence electrons. The SMILES string of the molecule is C=CC(=O)N(Cc1ccnn1C(C)C)C(C)c1ccsc1. The molecule has 2 aromatic rings. The van der Waals surface area contributed by atoms with E-state index in [9.17, 15) is 4.79 Å². The van der Waals surface area contributed by atoms with Gasteiger partial charge in [-0.25, -0.2) is 0 Å². The Labute approximate surface area is 129 Å². The molecule has 1 amide bonds. The minimum Gasteiger partial charge on any atom is -0.327 e. The van der Waals surface area contributed by atoms with Crippen LogP contribution in [0.1, 0.15) is 44.1 Å². The molecule has 0 saturated heterocycles. The van der Waals surface area contributed by atoms with E-state index in [2.05, 4.69) is 37.0 Å². The molecule has 2 heterocycles. The van der Waals surface area contributed by atoms with Gasteiger partial charge in [0.25, 0.3) is 0 Å². The molecule has 1 unspecified atom stereocenters. The van der Waals surface area contributed by atoms with Gasteiger partial charge in [0.1, 0.15) is 0 Å². The van der Waals surface area contributed by atoms with Crippen LogP contribution in [-0.4, -0.2) is 20.6 Å². The van der Waals surface area contributed by atoms with Crippen molar-refractivity contribution in [1.29, 1.82) is 0 Å². The molecular formula is C16H21N3OS. The van der Waals surface area contributed by atoms with Gasteiger partial charge in [0.15, 0.2) is 0 Å². The second-order valence-electron chi connectivity index (χ2n) is 5.26. The van der Waals surface area contributed by atoms with Gasteiger partial charge in [0.2, 0.25) is 5.91 Å². The lowest BCUT2D eigenvalue weighted by atomic mass is 10.1. The molecule has 0 aliphatic carbocycles. The topological polar surface area (TPSA) is 38.1 Å². The average Bonchev–Trinajstić information content (AvgIpc) is 3.13. The summed E-state index contributed by atoms with van der Waals surface area (Å²) in [6, 6.07) is 4.30. The molecule has 0 aliphatic heterocycles. The van der Waals surface area contributed by atoms with Gasteiger partial charge in [-0.15, -0.1) is 0 Å². The van der Waals surface area contributed by atoms with E-state index < -0.39 is 0 Å². The summed E-state index contributed by atoms with van der Waals surface area (Å²) in [5.41, 5.74) is 2.17. The molecule has 0 N–H and O–H groups in total. The third-order valence-corrected chi connectivity index (χ3v) is 4.23. The number of nitrogens with zero attached hydrogens (tertiary/aromatic N) is 3. The van der Waals surface area contributed by atoms with Crippen LogP contribution in [0.2, 0.25) is 0 Å². The maximum absolute atomic E-state index is 12.2. The number of aromatic nitrogens is 2. The lowest BCUT2D eigenvalue weighted by Crippen LogP contribution is -2.32. The van der Waals surface area contributed by atoms with Crippen molar-refractivity contribution in [3.8, 4) is 0 Å². The zero-order valence-corrected chi connectivity index (χ0v) is 13.5. The van der Waals surface area contributed by atoms with E-state index in [1.807, 2.05) is 28.0 Å². The van der Waals surface area contributed by atoms with Crippen molar-refractivity contribution in [1.82, 2.24) is 14.7 Å². The summed E-state index contributed by atoms with van der Waals surface area (Å²) < 4.78 is 1.95. The first-order valence-electron chi connectivity index (χ1n) is 7.02. The number of amides is 1. The Bertz CT molecular complexity index is 601. The molecule has 0 spiro atoms. The van der Waals surface area contributed by atoms with E-state index in [-0.39, 0.29) is 18.0 Å². The molecule has 0 aliphatic rings. The van der Waals surface area contributed by atoms with Crippen LogP contribution in [-0.2, 0) is 11.3 Å². The maximum atomic E-state index is 12.2. The Kier molecular flexibility index (Phi) is 4.96. The molecule has 2 aromatic heterocycles. The zero-order valence-electron chi connectivity index (χ0n) is 12.7. The third kappa shape index (κ3) is 3.42. The fourth-order valence-corrected chi connectivity index (χ4v) is 3.07. The second-order valence-corrected chi connectivity index (χ2v) is 6.04. The van der Waals surface area contributed by atoms with E-state index in [4.69, 9.17) is 0 Å². The van der Waals surface area contributed by atoms with Gasteiger partial charge in [0, 0.05) is 12.2 Å². The van der Waals surface area contributed by atoms with Gasteiger partial charge in [-0.1, -0.05) is 6.58 Å². The summed E-state index contributed by atoms with van der Waals surface area (Å²) in [4.78, 5) is 14.1. The van der Waals surface area contributed by atoms with E-state index in [1.54, 1.807) is 17.5 Å². The summed E-state index contributed by atoms with van der Waals surface area (Å²) >= 11 is 1.64. The summed E-state index contributed by atoms with van der Waals surface area (Å²) in [5.74, 6) is -0.0646. The highest BCUT2D eigenvalue weighted by Crippen LogP contribution is 2.25. The molecule has 0 saturated carbocycles. The highest BCUT2D eigenvalue weighted by Gasteiger charge is 2.22. The lowest BCUT2D eigenvalue weighted by molar-refractivity contribution is -0.128. The van der Waals surface area contributed by atoms with Crippen molar-refractivity contribution in [3.63, 3.8) is 0 Å². The van der Waals surface area contributed by atoms with Crippen LogP contribution in [0.25, 0.3) is 0 Å². The van der Waals surface area contributed by atoms with Gasteiger partial charge in [-0.3, -0.25) is 9.48 Å². The Morgan fingerprint density at radius 3 is 2.81 bits per heavy atom. The van der Waals surface area contributed by atoms with E-state index in [1.165, 1.54) is 6.08 Å². The Morgan fingerprint density at radius 2 is 2.24 bits per heavy atom. The van der Waals surface area contributed by atoms with Gasteiger partial charge in [-0.05, 0) is 55.3 Å². The van der Waals surface area contributed by atoms with Crippen molar-refractivity contribution in [2.24, 2.45) is 0 Å². The van der Waals surface area contributed by atoms with Gasteiger partial charge in [0.05, 0.1) is 18.3 Å². The Morgan fingerprint density at radius 1 is 1.48 bits per heavy atom. The second kappa shape index (κ2) is 6.72. The zero-order chi connectivity index (χ0) is 15.4. The molecular weight excluding hydrogens is 282 g/mol. The van der Waals surface area contributed by atoms with Gasteiger partial charge in [-0.2, -0.15) is 16.4 Å². The van der Waals surface area contributed by atoms with E-state index in [0.29, 0.717) is 6.54 Å². The van der Waals surface area contributed by atoms with Crippen molar-refractivity contribution < 1.29 is 4.79 Å². The normalized spacial score (nSPS) is 12.4. The lowest BCUT2D eigenvalue weighted by Gasteiger charge is -2.28. The van der Waals surface area contributed by atoms with Crippen molar-refractivity contribution in [2.75, 3.05) is 0 Å². The quantitative estimate of drug-likeness (QED) is 0.761. The molecule has 5 heteroatoms. The van der Waals surface area contributed by atoms with Gasteiger partial charge < -0.3 is 4.90 Å². The first-order valence-corrected chi connectivity index (χ1v) is 7.96. The summed E-state index contributed by atoms with van der Waals surface area (Å²) in [5, 5.41) is 8.44. The van der Waals surface area contributed by atoms with Crippen LogP contribution < -0.4 is 0 Å². The fraction of sp³-hybridized carbons (Fsp3) is 0.375. The average molecular weight is 303 g/mol. The largest absolute Gasteiger partial charge is 0.327 e. The first-order chi connectivity index (χ1) is 10.0. The third-order valence-electron chi connectivity index (χ3n) is 3.52. The summed E-state index contributed by atoms with van der Waals surface area (Å²) in [7, 11) is 0. The maximum Gasteiger partial charge on any atom is 0.246 e. The van der Waals surface area contributed by atoms with Crippen molar-refractivity contribution >= 4 is 17.2 Å².